The molecule has 0 bridgehead atoms. The number of rotatable bonds is 3. The van der Waals surface area contributed by atoms with Gasteiger partial charge in [0.25, 0.3) is 0 Å². The van der Waals surface area contributed by atoms with Gasteiger partial charge in [0.2, 0.25) is 0 Å². The zero-order valence-electron chi connectivity index (χ0n) is 11.7. The highest BCUT2D eigenvalue weighted by Gasteiger charge is 2.47. The van der Waals surface area contributed by atoms with Crippen LogP contribution >= 0.6 is 0 Å². The molecule has 3 nitrogen and oxygen atoms in total. The molecule has 4 heteroatoms. The Kier molecular flexibility index (Phi) is 3.50. The van der Waals surface area contributed by atoms with Crippen molar-refractivity contribution < 1.29 is 14.3 Å². The Balaban J connectivity index is 1.82. The van der Waals surface area contributed by atoms with E-state index in [2.05, 4.69) is 0 Å². The van der Waals surface area contributed by atoms with Crippen LogP contribution in [0.25, 0.3) is 0 Å². The van der Waals surface area contributed by atoms with Crippen molar-refractivity contribution in [2.75, 3.05) is 6.54 Å². The minimum Gasteiger partial charge on any atom is -0.480 e. The third-order valence-electron chi connectivity index (χ3n) is 4.92. The average molecular weight is 277 g/mol. The standard InChI is InChI=1S/C16H20FNO2/c1-10-5-6-13(17)7-12(10)9-18-8-11-3-2-4-14(11)15(18)16(19)20/h5-7,11,14-15H,2-4,8-9H2,1H3,(H,19,20). The third-order valence-corrected chi connectivity index (χ3v) is 4.92. The summed E-state index contributed by atoms with van der Waals surface area (Å²) < 4.78 is 13.4. The Morgan fingerprint density at radius 3 is 3.00 bits per heavy atom. The van der Waals surface area contributed by atoms with E-state index in [0.717, 1.165) is 36.9 Å². The van der Waals surface area contributed by atoms with Crippen LogP contribution in [0.4, 0.5) is 4.39 Å². The van der Waals surface area contributed by atoms with Crippen LogP contribution in [0.5, 0.6) is 0 Å². The molecule has 0 aromatic heterocycles. The van der Waals surface area contributed by atoms with Gasteiger partial charge in [0.1, 0.15) is 11.9 Å². The molecule has 1 aromatic carbocycles. The van der Waals surface area contributed by atoms with Crippen molar-refractivity contribution in [3.63, 3.8) is 0 Å². The van der Waals surface area contributed by atoms with Crippen LogP contribution < -0.4 is 0 Å². The van der Waals surface area contributed by atoms with E-state index < -0.39 is 12.0 Å². The summed E-state index contributed by atoms with van der Waals surface area (Å²) >= 11 is 0. The monoisotopic (exact) mass is 277 g/mol. The van der Waals surface area contributed by atoms with Crippen LogP contribution in [0.2, 0.25) is 0 Å². The Morgan fingerprint density at radius 2 is 2.25 bits per heavy atom. The van der Waals surface area contributed by atoms with Gasteiger partial charge >= 0.3 is 5.97 Å². The minimum atomic E-state index is -0.728. The summed E-state index contributed by atoms with van der Waals surface area (Å²) in [5, 5.41) is 9.52. The van der Waals surface area contributed by atoms with Crippen molar-refractivity contribution >= 4 is 5.97 Å². The molecule has 0 amide bonds. The fourth-order valence-corrected chi connectivity index (χ4v) is 3.92. The molecule has 3 unspecified atom stereocenters. The van der Waals surface area contributed by atoms with Crippen molar-refractivity contribution in [3.8, 4) is 0 Å². The number of carbonyl (C=O) groups is 1. The predicted molar refractivity (Wildman–Crippen MR) is 73.8 cm³/mol. The zero-order chi connectivity index (χ0) is 14.3. The number of hydrogen-bond acceptors (Lipinski definition) is 2. The van der Waals surface area contributed by atoms with E-state index in [-0.39, 0.29) is 11.7 Å². The highest BCUT2D eigenvalue weighted by atomic mass is 19.1. The summed E-state index contributed by atoms with van der Waals surface area (Å²) in [5.41, 5.74) is 1.92. The van der Waals surface area contributed by atoms with E-state index in [1.54, 1.807) is 6.07 Å². The molecule has 1 aliphatic heterocycles. The molecule has 20 heavy (non-hydrogen) atoms. The normalized spacial score (nSPS) is 29.6. The largest absolute Gasteiger partial charge is 0.480 e. The van der Waals surface area contributed by atoms with Crippen molar-refractivity contribution in [2.24, 2.45) is 11.8 Å². The Morgan fingerprint density at radius 1 is 1.45 bits per heavy atom. The molecule has 2 fully saturated rings. The molecule has 1 N–H and O–H groups in total. The van der Waals surface area contributed by atoms with Gasteiger partial charge in [-0.3, -0.25) is 9.69 Å². The maximum atomic E-state index is 13.4. The highest BCUT2D eigenvalue weighted by Crippen LogP contribution is 2.42. The fraction of sp³-hybridized carbons (Fsp3) is 0.562. The van der Waals surface area contributed by atoms with Crippen LogP contribution in [-0.4, -0.2) is 28.6 Å². The van der Waals surface area contributed by atoms with E-state index in [1.807, 2.05) is 11.8 Å². The summed E-state index contributed by atoms with van der Waals surface area (Å²) in [7, 11) is 0. The third kappa shape index (κ3) is 2.33. The lowest BCUT2D eigenvalue weighted by Crippen LogP contribution is -2.39. The van der Waals surface area contributed by atoms with Gasteiger partial charge in [-0.15, -0.1) is 0 Å². The van der Waals surface area contributed by atoms with Crippen molar-refractivity contribution in [3.05, 3.63) is 35.1 Å². The second kappa shape index (κ2) is 5.17. The molecule has 1 saturated carbocycles. The number of likely N-dealkylation sites (tertiary alicyclic amines) is 1. The number of aryl methyl sites for hydroxylation is 1. The van der Waals surface area contributed by atoms with Gasteiger partial charge in [0.15, 0.2) is 0 Å². The summed E-state index contributed by atoms with van der Waals surface area (Å²) in [4.78, 5) is 13.6. The minimum absolute atomic E-state index is 0.253. The highest BCUT2D eigenvalue weighted by molar-refractivity contribution is 5.74. The van der Waals surface area contributed by atoms with E-state index in [0.29, 0.717) is 12.5 Å². The molecular weight excluding hydrogens is 257 g/mol. The Bertz CT molecular complexity index is 531. The molecule has 1 heterocycles. The first-order valence-corrected chi connectivity index (χ1v) is 7.28. The number of aliphatic carboxylic acids is 1. The first kappa shape index (κ1) is 13.6. The lowest BCUT2D eigenvalue weighted by molar-refractivity contribution is -0.143. The summed E-state index contributed by atoms with van der Waals surface area (Å²) in [5.74, 6) is -0.198. The Hall–Kier alpha value is -1.42. The first-order valence-electron chi connectivity index (χ1n) is 7.28. The predicted octanol–water partition coefficient (Wildman–Crippen LogP) is 2.82. The molecular formula is C16H20FNO2. The van der Waals surface area contributed by atoms with Crippen LogP contribution in [-0.2, 0) is 11.3 Å². The number of fused-ring (bicyclic) bond motifs is 1. The zero-order valence-corrected chi connectivity index (χ0v) is 11.7. The van der Waals surface area contributed by atoms with Gasteiger partial charge in [0.05, 0.1) is 0 Å². The molecule has 2 aliphatic rings. The SMILES string of the molecule is Cc1ccc(F)cc1CN1CC2CCCC2C1C(=O)O. The smallest absolute Gasteiger partial charge is 0.321 e. The second-order valence-corrected chi connectivity index (χ2v) is 6.14. The molecule has 3 atom stereocenters. The lowest BCUT2D eigenvalue weighted by Gasteiger charge is -2.24. The molecule has 0 radical (unpaired) electrons. The number of hydrogen-bond donors (Lipinski definition) is 1. The van der Waals surface area contributed by atoms with E-state index >= 15 is 0 Å². The van der Waals surface area contributed by atoms with Crippen molar-refractivity contribution in [1.82, 2.24) is 4.90 Å². The number of carboxylic acid groups (broad SMARTS) is 1. The molecule has 1 aromatic rings. The Labute approximate surface area is 118 Å². The quantitative estimate of drug-likeness (QED) is 0.923. The van der Waals surface area contributed by atoms with Crippen LogP contribution in [0, 0.1) is 24.6 Å². The lowest BCUT2D eigenvalue weighted by atomic mass is 9.94. The van der Waals surface area contributed by atoms with E-state index in [9.17, 15) is 14.3 Å². The van der Waals surface area contributed by atoms with Gasteiger partial charge < -0.3 is 5.11 Å². The second-order valence-electron chi connectivity index (χ2n) is 6.14. The van der Waals surface area contributed by atoms with Crippen molar-refractivity contribution in [1.29, 1.82) is 0 Å². The van der Waals surface area contributed by atoms with Crippen LogP contribution in [0.1, 0.15) is 30.4 Å². The summed E-state index contributed by atoms with van der Waals surface area (Å²) in [6, 6.07) is 4.34. The summed E-state index contributed by atoms with van der Waals surface area (Å²) in [6.45, 7) is 3.31. The van der Waals surface area contributed by atoms with Crippen molar-refractivity contribution in [2.45, 2.75) is 38.8 Å². The van der Waals surface area contributed by atoms with E-state index in [4.69, 9.17) is 0 Å². The number of nitrogens with zero attached hydrogens (tertiary/aromatic N) is 1. The number of benzene rings is 1. The van der Waals surface area contributed by atoms with Crippen LogP contribution in [0.15, 0.2) is 18.2 Å². The van der Waals surface area contributed by atoms with Gasteiger partial charge in [-0.1, -0.05) is 12.5 Å². The van der Waals surface area contributed by atoms with Gasteiger partial charge in [-0.25, -0.2) is 4.39 Å². The molecule has 1 aliphatic carbocycles. The maximum absolute atomic E-state index is 13.4. The average Bonchev–Trinajstić information content (AvgIpc) is 2.93. The first-order chi connectivity index (χ1) is 9.56. The fourth-order valence-electron chi connectivity index (χ4n) is 3.92. The van der Waals surface area contributed by atoms with Gasteiger partial charge in [-0.2, -0.15) is 0 Å². The maximum Gasteiger partial charge on any atom is 0.321 e. The summed E-state index contributed by atoms with van der Waals surface area (Å²) in [6.07, 6.45) is 3.29. The molecule has 0 spiro atoms. The molecule has 3 rings (SSSR count). The van der Waals surface area contributed by atoms with Gasteiger partial charge in [0, 0.05) is 13.1 Å². The molecule has 1 saturated heterocycles. The molecule has 108 valence electrons. The number of halogens is 1. The number of carboxylic acids is 1. The van der Waals surface area contributed by atoms with E-state index in [1.165, 1.54) is 12.1 Å². The van der Waals surface area contributed by atoms with Gasteiger partial charge in [-0.05, 0) is 54.9 Å². The van der Waals surface area contributed by atoms with Crippen LogP contribution in [0.3, 0.4) is 0 Å². The topological polar surface area (TPSA) is 40.5 Å².